The summed E-state index contributed by atoms with van der Waals surface area (Å²) in [5.74, 6) is 0.666. The summed E-state index contributed by atoms with van der Waals surface area (Å²) in [5, 5.41) is 5.05. The van der Waals surface area contributed by atoms with Crippen molar-refractivity contribution in [3.05, 3.63) is 52.1 Å². The Bertz CT molecular complexity index is 640. The minimum Gasteiger partial charge on any atom is -0.221 e. The first kappa shape index (κ1) is 10.7. The highest BCUT2D eigenvalue weighted by Crippen LogP contribution is 2.25. The van der Waals surface area contributed by atoms with Gasteiger partial charge in [-0.25, -0.2) is 9.50 Å². The Morgan fingerprint density at radius 3 is 2.82 bits per heavy atom. The van der Waals surface area contributed by atoms with E-state index in [4.69, 9.17) is 11.6 Å². The zero-order valence-electron chi connectivity index (χ0n) is 8.64. The van der Waals surface area contributed by atoms with Crippen LogP contribution >= 0.6 is 27.5 Å². The van der Waals surface area contributed by atoms with Gasteiger partial charge >= 0.3 is 0 Å². The molecule has 5 heteroatoms. The Kier molecular flexibility index (Phi) is 2.61. The molecule has 0 aliphatic carbocycles. The van der Waals surface area contributed by atoms with Gasteiger partial charge in [0.1, 0.15) is 0 Å². The van der Waals surface area contributed by atoms with Crippen molar-refractivity contribution in [3.63, 3.8) is 0 Å². The van der Waals surface area contributed by atoms with E-state index in [1.807, 2.05) is 42.6 Å². The second kappa shape index (κ2) is 4.13. The molecule has 0 aliphatic heterocycles. The van der Waals surface area contributed by atoms with Gasteiger partial charge in [-0.3, -0.25) is 0 Å². The van der Waals surface area contributed by atoms with Gasteiger partial charge in [0.15, 0.2) is 11.5 Å². The van der Waals surface area contributed by atoms with Crippen LogP contribution < -0.4 is 0 Å². The van der Waals surface area contributed by atoms with E-state index in [1.54, 1.807) is 4.52 Å². The molecule has 0 radical (unpaired) electrons. The number of fused-ring (bicyclic) bond motifs is 1. The molecule has 0 unspecified atom stereocenters. The van der Waals surface area contributed by atoms with Crippen LogP contribution in [0.25, 0.3) is 17.0 Å². The SMILES string of the molecule is Clc1cc(Br)cc(-c2nc3ccccn3n2)c1. The third-order valence-corrected chi connectivity index (χ3v) is 3.04. The Hall–Kier alpha value is -1.39. The van der Waals surface area contributed by atoms with E-state index in [9.17, 15) is 0 Å². The lowest BCUT2D eigenvalue weighted by molar-refractivity contribution is 0.966. The van der Waals surface area contributed by atoms with Crippen molar-refractivity contribution in [1.82, 2.24) is 14.6 Å². The molecule has 0 saturated carbocycles. The Morgan fingerprint density at radius 1 is 1.18 bits per heavy atom. The second-order valence-electron chi connectivity index (χ2n) is 3.60. The first-order valence-corrected chi connectivity index (χ1v) is 6.17. The summed E-state index contributed by atoms with van der Waals surface area (Å²) in [5.41, 5.74) is 1.71. The van der Waals surface area contributed by atoms with Crippen LogP contribution in [-0.4, -0.2) is 14.6 Å². The number of rotatable bonds is 1. The van der Waals surface area contributed by atoms with Crippen LogP contribution in [0.15, 0.2) is 47.1 Å². The van der Waals surface area contributed by atoms with Crippen LogP contribution in [0.1, 0.15) is 0 Å². The number of halogens is 2. The molecule has 0 amide bonds. The standard InChI is InChI=1S/C12H7BrClN3/c13-9-5-8(6-10(14)7-9)12-15-11-3-1-2-4-17(11)16-12/h1-7H. The van der Waals surface area contributed by atoms with Gasteiger partial charge in [-0.05, 0) is 30.3 Å². The van der Waals surface area contributed by atoms with Crippen molar-refractivity contribution in [3.8, 4) is 11.4 Å². The predicted molar refractivity (Wildman–Crippen MR) is 71.1 cm³/mol. The quantitative estimate of drug-likeness (QED) is 0.684. The molecule has 3 rings (SSSR count). The van der Waals surface area contributed by atoms with Gasteiger partial charge in [-0.15, -0.1) is 5.10 Å². The van der Waals surface area contributed by atoms with Crippen LogP contribution in [0.2, 0.25) is 5.02 Å². The lowest BCUT2D eigenvalue weighted by Gasteiger charge is -1.97. The molecule has 0 fully saturated rings. The molecule has 0 spiro atoms. The van der Waals surface area contributed by atoms with Gasteiger partial charge in [0.2, 0.25) is 0 Å². The van der Waals surface area contributed by atoms with Gasteiger partial charge in [0.25, 0.3) is 0 Å². The number of pyridine rings is 1. The lowest BCUT2D eigenvalue weighted by Crippen LogP contribution is -1.85. The third-order valence-electron chi connectivity index (χ3n) is 2.36. The number of hydrogen-bond acceptors (Lipinski definition) is 2. The molecule has 17 heavy (non-hydrogen) atoms. The molecule has 0 bridgehead atoms. The van der Waals surface area contributed by atoms with E-state index in [-0.39, 0.29) is 0 Å². The lowest BCUT2D eigenvalue weighted by atomic mass is 10.2. The van der Waals surface area contributed by atoms with E-state index in [0.717, 1.165) is 15.7 Å². The molecule has 3 aromatic rings. The van der Waals surface area contributed by atoms with Crippen LogP contribution in [-0.2, 0) is 0 Å². The molecule has 2 aromatic heterocycles. The molecule has 0 N–H and O–H groups in total. The monoisotopic (exact) mass is 307 g/mol. The highest BCUT2D eigenvalue weighted by molar-refractivity contribution is 9.10. The molecular formula is C12H7BrClN3. The van der Waals surface area contributed by atoms with E-state index in [1.165, 1.54) is 0 Å². The van der Waals surface area contributed by atoms with E-state index in [0.29, 0.717) is 10.8 Å². The molecule has 0 aliphatic rings. The molecule has 0 atom stereocenters. The van der Waals surface area contributed by atoms with Crippen LogP contribution in [0, 0.1) is 0 Å². The van der Waals surface area contributed by atoms with E-state index < -0.39 is 0 Å². The fourth-order valence-electron chi connectivity index (χ4n) is 1.64. The highest BCUT2D eigenvalue weighted by Gasteiger charge is 2.07. The van der Waals surface area contributed by atoms with Crippen molar-refractivity contribution in [2.45, 2.75) is 0 Å². The van der Waals surface area contributed by atoms with Crippen molar-refractivity contribution in [2.75, 3.05) is 0 Å². The maximum Gasteiger partial charge on any atom is 0.182 e. The third kappa shape index (κ3) is 2.06. The maximum atomic E-state index is 6.01. The zero-order chi connectivity index (χ0) is 11.8. The average Bonchev–Trinajstić information content (AvgIpc) is 2.71. The molecular weight excluding hydrogens is 302 g/mol. The Morgan fingerprint density at radius 2 is 2.06 bits per heavy atom. The van der Waals surface area contributed by atoms with E-state index in [2.05, 4.69) is 26.0 Å². The van der Waals surface area contributed by atoms with E-state index >= 15 is 0 Å². The van der Waals surface area contributed by atoms with Crippen molar-refractivity contribution >= 4 is 33.2 Å². The fourth-order valence-corrected chi connectivity index (χ4v) is 2.50. The minimum absolute atomic E-state index is 0.660. The zero-order valence-corrected chi connectivity index (χ0v) is 11.0. The summed E-state index contributed by atoms with van der Waals surface area (Å²) in [6.45, 7) is 0. The Balaban J connectivity index is 2.20. The second-order valence-corrected chi connectivity index (χ2v) is 4.95. The summed E-state index contributed by atoms with van der Waals surface area (Å²) in [6, 6.07) is 11.4. The molecule has 84 valence electrons. The number of benzene rings is 1. The number of nitrogens with zero attached hydrogens (tertiary/aromatic N) is 3. The first-order valence-electron chi connectivity index (χ1n) is 5.00. The maximum absolute atomic E-state index is 6.01. The normalized spacial score (nSPS) is 10.9. The highest BCUT2D eigenvalue weighted by atomic mass is 79.9. The van der Waals surface area contributed by atoms with Crippen molar-refractivity contribution < 1.29 is 0 Å². The van der Waals surface area contributed by atoms with Crippen LogP contribution in [0.5, 0.6) is 0 Å². The molecule has 3 nitrogen and oxygen atoms in total. The summed E-state index contributed by atoms with van der Waals surface area (Å²) in [6.07, 6.45) is 1.87. The van der Waals surface area contributed by atoms with Crippen molar-refractivity contribution in [2.24, 2.45) is 0 Å². The predicted octanol–water partition coefficient (Wildman–Crippen LogP) is 3.81. The van der Waals surface area contributed by atoms with Gasteiger partial charge in [0.05, 0.1) is 0 Å². The van der Waals surface area contributed by atoms with Crippen LogP contribution in [0.4, 0.5) is 0 Å². The summed E-state index contributed by atoms with van der Waals surface area (Å²) < 4.78 is 2.66. The largest absolute Gasteiger partial charge is 0.221 e. The Labute approximate surface area is 111 Å². The molecule has 1 aromatic carbocycles. The minimum atomic E-state index is 0.660. The first-order chi connectivity index (χ1) is 8.22. The van der Waals surface area contributed by atoms with Gasteiger partial charge < -0.3 is 0 Å². The summed E-state index contributed by atoms with van der Waals surface area (Å²) in [7, 11) is 0. The van der Waals surface area contributed by atoms with Gasteiger partial charge in [-0.1, -0.05) is 33.6 Å². The summed E-state index contributed by atoms with van der Waals surface area (Å²) in [4.78, 5) is 4.44. The van der Waals surface area contributed by atoms with Gasteiger partial charge in [0, 0.05) is 21.3 Å². The van der Waals surface area contributed by atoms with Crippen molar-refractivity contribution in [1.29, 1.82) is 0 Å². The summed E-state index contributed by atoms with van der Waals surface area (Å²) >= 11 is 9.41. The number of hydrogen-bond donors (Lipinski definition) is 0. The topological polar surface area (TPSA) is 30.2 Å². The van der Waals surface area contributed by atoms with Crippen LogP contribution in [0.3, 0.4) is 0 Å². The van der Waals surface area contributed by atoms with Gasteiger partial charge in [-0.2, -0.15) is 0 Å². The molecule has 2 heterocycles. The molecule has 0 saturated heterocycles. The smallest absolute Gasteiger partial charge is 0.182 e. The number of aromatic nitrogens is 3. The average molecular weight is 309 g/mol. The fraction of sp³-hybridized carbons (Fsp3) is 0.